The smallest absolute Gasteiger partial charge is 0.255 e. The molecule has 11 heteroatoms. The summed E-state index contributed by atoms with van der Waals surface area (Å²) in [5, 5.41) is 7.49. The molecular weight excluding hydrogens is 506 g/mol. The van der Waals surface area contributed by atoms with E-state index >= 15 is 0 Å². The van der Waals surface area contributed by atoms with Crippen LogP contribution in [0.4, 0.5) is 17.3 Å². The Morgan fingerprint density at radius 3 is 2.85 bits per heavy atom. The molecule has 200 valence electrons. The van der Waals surface area contributed by atoms with Crippen molar-refractivity contribution in [3.63, 3.8) is 0 Å². The standard InChI is InChI=1S/C29H27N9O2/c1-17-12-18(4-6-24(17)40-19-8-11-37-26(13-19)31-16-33-37)34-28-27-22(30-15-32-28)5-7-25(35-27)38-23-14-21(23)20(29(38)39)9-10-36(2)3/h4-9,11-13,15-16,21,23H,10,14H2,1-3H3,(H,30,32,34)/b20-9-. The Hall–Kier alpha value is -4.90. The van der Waals surface area contributed by atoms with Gasteiger partial charge in [-0.15, -0.1) is 0 Å². The number of piperidine rings is 1. The zero-order chi connectivity index (χ0) is 27.4. The van der Waals surface area contributed by atoms with Crippen LogP contribution in [0.1, 0.15) is 12.0 Å². The molecule has 11 nitrogen and oxygen atoms in total. The second-order valence-electron chi connectivity index (χ2n) is 10.4. The predicted molar refractivity (Wildman–Crippen MR) is 151 cm³/mol. The number of carbonyl (C=O) groups is 1. The summed E-state index contributed by atoms with van der Waals surface area (Å²) in [7, 11) is 4.00. The van der Waals surface area contributed by atoms with E-state index in [4.69, 9.17) is 9.72 Å². The maximum Gasteiger partial charge on any atom is 0.255 e. The third-order valence-corrected chi connectivity index (χ3v) is 7.26. The topological polar surface area (TPSA) is 114 Å². The van der Waals surface area contributed by atoms with E-state index in [1.165, 1.54) is 12.7 Å². The molecule has 1 saturated carbocycles. The SMILES string of the molecule is Cc1cc(Nc2ncnc3ccc(N4C(=O)/C(=C\CN(C)C)C5CC54)nc23)ccc1Oc1ccn2ncnc2c1. The number of nitrogens with zero attached hydrogens (tertiary/aromatic N) is 8. The van der Waals surface area contributed by atoms with Gasteiger partial charge in [-0.1, -0.05) is 6.08 Å². The van der Waals surface area contributed by atoms with E-state index in [1.807, 2.05) is 80.7 Å². The van der Waals surface area contributed by atoms with Crippen molar-refractivity contribution in [3.8, 4) is 11.5 Å². The zero-order valence-electron chi connectivity index (χ0n) is 22.3. The van der Waals surface area contributed by atoms with Gasteiger partial charge in [-0.25, -0.2) is 24.5 Å². The first kappa shape index (κ1) is 24.2. The number of hydrogen-bond acceptors (Lipinski definition) is 9. The Morgan fingerprint density at radius 2 is 2.00 bits per heavy atom. The van der Waals surface area contributed by atoms with E-state index < -0.39 is 0 Å². The number of hydrogen-bond donors (Lipinski definition) is 1. The second-order valence-corrected chi connectivity index (χ2v) is 10.4. The normalized spacial score (nSPS) is 19.1. The monoisotopic (exact) mass is 533 g/mol. The molecule has 40 heavy (non-hydrogen) atoms. The van der Waals surface area contributed by atoms with Crippen molar-refractivity contribution in [2.24, 2.45) is 5.92 Å². The highest BCUT2D eigenvalue weighted by atomic mass is 16.5. The molecule has 1 N–H and O–H groups in total. The van der Waals surface area contributed by atoms with E-state index in [0.717, 1.165) is 35.5 Å². The summed E-state index contributed by atoms with van der Waals surface area (Å²) in [4.78, 5) is 35.1. The highest BCUT2D eigenvalue weighted by Crippen LogP contribution is 2.50. The Morgan fingerprint density at radius 1 is 1.10 bits per heavy atom. The van der Waals surface area contributed by atoms with E-state index in [0.29, 0.717) is 34.1 Å². The van der Waals surface area contributed by atoms with Crippen molar-refractivity contribution in [2.45, 2.75) is 19.4 Å². The number of carbonyl (C=O) groups excluding carboxylic acids is 1. The van der Waals surface area contributed by atoms with Gasteiger partial charge >= 0.3 is 0 Å². The molecule has 2 fully saturated rings. The number of benzene rings is 1. The molecule has 2 unspecified atom stereocenters. The van der Waals surface area contributed by atoms with Gasteiger partial charge in [-0.2, -0.15) is 5.10 Å². The molecule has 5 aromatic rings. The number of aromatic nitrogens is 6. The summed E-state index contributed by atoms with van der Waals surface area (Å²) in [5.41, 5.74) is 4.68. The molecule has 0 radical (unpaired) electrons. The van der Waals surface area contributed by atoms with Crippen LogP contribution in [-0.2, 0) is 4.79 Å². The zero-order valence-corrected chi connectivity index (χ0v) is 22.3. The van der Waals surface area contributed by atoms with Crippen LogP contribution in [0.15, 0.2) is 73.0 Å². The Balaban J connectivity index is 1.14. The number of ether oxygens (including phenoxy) is 1. The van der Waals surface area contributed by atoms with Gasteiger partial charge in [0, 0.05) is 42.0 Å². The minimum Gasteiger partial charge on any atom is -0.457 e. The first-order valence-corrected chi connectivity index (χ1v) is 13.1. The van der Waals surface area contributed by atoms with Gasteiger partial charge in [0.2, 0.25) is 0 Å². The number of fused-ring (bicyclic) bond motifs is 3. The van der Waals surface area contributed by atoms with Crippen LogP contribution < -0.4 is 15.0 Å². The lowest BCUT2D eigenvalue weighted by molar-refractivity contribution is -0.114. The fourth-order valence-electron chi connectivity index (χ4n) is 5.16. The van der Waals surface area contributed by atoms with Crippen molar-refractivity contribution in [3.05, 3.63) is 78.5 Å². The summed E-state index contributed by atoms with van der Waals surface area (Å²) >= 11 is 0. The summed E-state index contributed by atoms with van der Waals surface area (Å²) < 4.78 is 7.79. The molecule has 4 aromatic heterocycles. The maximum absolute atomic E-state index is 13.3. The lowest BCUT2D eigenvalue weighted by Gasteiger charge is -2.18. The average Bonchev–Trinajstić information content (AvgIpc) is 3.45. The van der Waals surface area contributed by atoms with Crippen LogP contribution in [-0.4, -0.2) is 67.0 Å². The van der Waals surface area contributed by atoms with Crippen LogP contribution in [0.2, 0.25) is 0 Å². The van der Waals surface area contributed by atoms with Crippen molar-refractivity contribution >= 4 is 39.9 Å². The van der Waals surface area contributed by atoms with Crippen molar-refractivity contribution in [2.75, 3.05) is 30.9 Å². The summed E-state index contributed by atoms with van der Waals surface area (Å²) in [6.45, 7) is 2.72. The van der Waals surface area contributed by atoms with Crippen LogP contribution in [0, 0.1) is 12.8 Å². The molecule has 5 heterocycles. The lowest BCUT2D eigenvalue weighted by Crippen LogP contribution is -2.30. The van der Waals surface area contributed by atoms with Gasteiger partial charge in [0.05, 0.1) is 5.52 Å². The first-order chi connectivity index (χ1) is 19.4. The van der Waals surface area contributed by atoms with Crippen LogP contribution >= 0.6 is 0 Å². The van der Waals surface area contributed by atoms with Gasteiger partial charge in [0.15, 0.2) is 11.5 Å². The lowest BCUT2D eigenvalue weighted by atomic mass is 10.1. The van der Waals surface area contributed by atoms with Gasteiger partial charge < -0.3 is 15.0 Å². The highest BCUT2D eigenvalue weighted by molar-refractivity contribution is 6.11. The van der Waals surface area contributed by atoms with E-state index in [1.54, 1.807) is 4.52 Å². The molecule has 1 amide bonds. The highest BCUT2D eigenvalue weighted by Gasteiger charge is 2.56. The van der Waals surface area contributed by atoms with Crippen molar-refractivity contribution in [1.29, 1.82) is 0 Å². The molecule has 1 saturated heterocycles. The minimum absolute atomic E-state index is 0.0377. The third-order valence-electron chi connectivity index (χ3n) is 7.26. The molecular formula is C29H27N9O2. The van der Waals surface area contributed by atoms with Gasteiger partial charge in [-0.05, 0) is 69.4 Å². The number of likely N-dealkylation sites (N-methyl/N-ethyl adjacent to an activating group) is 1. The summed E-state index contributed by atoms with van der Waals surface area (Å²) in [5.74, 6) is 2.93. The van der Waals surface area contributed by atoms with Crippen LogP contribution in [0.5, 0.6) is 11.5 Å². The van der Waals surface area contributed by atoms with Crippen molar-refractivity contribution in [1.82, 2.24) is 34.4 Å². The number of pyridine rings is 2. The molecule has 2 aliphatic rings. The average molecular weight is 534 g/mol. The van der Waals surface area contributed by atoms with Gasteiger partial charge in [0.1, 0.15) is 35.5 Å². The fourth-order valence-corrected chi connectivity index (χ4v) is 5.16. The number of amides is 1. The summed E-state index contributed by atoms with van der Waals surface area (Å²) in [6.07, 6.45) is 7.85. The molecule has 0 spiro atoms. The number of aryl methyl sites for hydroxylation is 1. The number of nitrogens with one attached hydrogen (secondary N) is 1. The summed E-state index contributed by atoms with van der Waals surface area (Å²) in [6, 6.07) is 13.4. The molecule has 0 bridgehead atoms. The third kappa shape index (κ3) is 4.30. The second kappa shape index (κ2) is 9.38. The number of anilines is 3. The molecule has 1 aliphatic heterocycles. The molecule has 1 aliphatic carbocycles. The quantitative estimate of drug-likeness (QED) is 0.308. The van der Waals surface area contributed by atoms with Crippen LogP contribution in [0.25, 0.3) is 16.7 Å². The minimum atomic E-state index is 0.0377. The Kier molecular flexibility index (Phi) is 5.67. The predicted octanol–water partition coefficient (Wildman–Crippen LogP) is 4.13. The first-order valence-electron chi connectivity index (χ1n) is 13.1. The van der Waals surface area contributed by atoms with E-state index in [2.05, 4.69) is 30.3 Å². The van der Waals surface area contributed by atoms with Crippen molar-refractivity contribution < 1.29 is 9.53 Å². The molecule has 7 rings (SSSR count). The fraction of sp³-hybridized carbons (Fsp3) is 0.241. The van der Waals surface area contributed by atoms with E-state index in [9.17, 15) is 4.79 Å². The number of rotatable bonds is 7. The molecule has 1 aromatic carbocycles. The Bertz CT molecular complexity index is 1810. The largest absolute Gasteiger partial charge is 0.457 e. The van der Waals surface area contributed by atoms with E-state index in [-0.39, 0.29) is 17.9 Å². The maximum atomic E-state index is 13.3. The Labute approximate surface area is 230 Å². The van der Waals surface area contributed by atoms with Gasteiger partial charge in [0.25, 0.3) is 5.91 Å². The van der Waals surface area contributed by atoms with Crippen LogP contribution in [0.3, 0.4) is 0 Å². The van der Waals surface area contributed by atoms with Gasteiger partial charge in [-0.3, -0.25) is 9.69 Å². The molecule has 2 atom stereocenters.